The van der Waals surface area contributed by atoms with Crippen LogP contribution in [0.4, 0.5) is 0 Å². The predicted octanol–water partition coefficient (Wildman–Crippen LogP) is 4.99. The van der Waals surface area contributed by atoms with Crippen molar-refractivity contribution in [3.8, 4) is 11.1 Å². The van der Waals surface area contributed by atoms with Crippen molar-refractivity contribution in [1.29, 1.82) is 0 Å². The van der Waals surface area contributed by atoms with Gasteiger partial charge in [-0.15, -0.1) is 0 Å². The number of nitrogens with zero attached hydrogens (tertiary/aromatic N) is 3. The van der Waals surface area contributed by atoms with Gasteiger partial charge in [0.1, 0.15) is 0 Å². The van der Waals surface area contributed by atoms with Crippen molar-refractivity contribution >= 4 is 17.2 Å². The molecule has 0 unspecified atom stereocenters. The number of aliphatic imine (C=N–C) groups is 1. The SMILES string of the molecule is C/N=C/c1cccc(-c2ccc(CCn3cnc4ccccc43)cc2)c1. The molecule has 0 saturated carbocycles. The van der Waals surface area contributed by atoms with Crippen LogP contribution in [0.1, 0.15) is 11.1 Å². The number of aromatic nitrogens is 2. The van der Waals surface area contributed by atoms with Gasteiger partial charge < -0.3 is 4.57 Å². The van der Waals surface area contributed by atoms with E-state index >= 15 is 0 Å². The molecule has 1 aromatic heterocycles. The van der Waals surface area contributed by atoms with Crippen LogP contribution in [0, 0.1) is 0 Å². The fraction of sp³-hybridized carbons (Fsp3) is 0.130. The predicted molar refractivity (Wildman–Crippen MR) is 109 cm³/mol. The van der Waals surface area contributed by atoms with Crippen LogP contribution in [0.25, 0.3) is 22.2 Å². The topological polar surface area (TPSA) is 30.2 Å². The first-order valence-electron chi connectivity index (χ1n) is 8.85. The molecule has 0 saturated heterocycles. The van der Waals surface area contributed by atoms with Crippen molar-refractivity contribution < 1.29 is 0 Å². The highest BCUT2D eigenvalue weighted by atomic mass is 15.0. The van der Waals surface area contributed by atoms with Gasteiger partial charge in [-0.3, -0.25) is 4.99 Å². The molecule has 3 nitrogen and oxygen atoms in total. The van der Waals surface area contributed by atoms with Crippen molar-refractivity contribution in [2.24, 2.45) is 4.99 Å². The maximum Gasteiger partial charge on any atom is 0.0958 e. The number of hydrogen-bond donors (Lipinski definition) is 0. The Morgan fingerprint density at radius 2 is 1.77 bits per heavy atom. The number of hydrogen-bond acceptors (Lipinski definition) is 2. The zero-order valence-electron chi connectivity index (χ0n) is 14.8. The number of benzene rings is 3. The third kappa shape index (κ3) is 3.42. The van der Waals surface area contributed by atoms with Gasteiger partial charge in [0.2, 0.25) is 0 Å². The van der Waals surface area contributed by atoms with Crippen LogP contribution in [0.15, 0.2) is 84.1 Å². The zero-order valence-corrected chi connectivity index (χ0v) is 14.8. The van der Waals surface area contributed by atoms with Crippen LogP contribution in [0.3, 0.4) is 0 Å². The summed E-state index contributed by atoms with van der Waals surface area (Å²) in [5.41, 5.74) is 7.15. The molecule has 128 valence electrons. The molecule has 4 rings (SSSR count). The average molecular weight is 339 g/mol. The van der Waals surface area contributed by atoms with Crippen LogP contribution >= 0.6 is 0 Å². The van der Waals surface area contributed by atoms with Crippen LogP contribution in [-0.2, 0) is 13.0 Å². The minimum absolute atomic E-state index is 0.933. The molecule has 0 atom stereocenters. The highest BCUT2D eigenvalue weighted by molar-refractivity contribution is 5.82. The molecule has 0 aliphatic rings. The highest BCUT2D eigenvalue weighted by Gasteiger charge is 2.03. The molecule has 0 aliphatic carbocycles. The Labute approximate surface area is 153 Å². The zero-order chi connectivity index (χ0) is 17.8. The summed E-state index contributed by atoms with van der Waals surface area (Å²) >= 11 is 0. The Balaban J connectivity index is 1.48. The standard InChI is InChI=1S/C23H21N3/c1-24-16-19-5-4-6-21(15-19)20-11-9-18(10-12-20)13-14-26-17-25-22-7-2-3-8-23(22)26/h2-12,15-17H,13-14H2,1H3/b24-16+. The molecule has 0 amide bonds. The van der Waals surface area contributed by atoms with Crippen LogP contribution in [0.2, 0.25) is 0 Å². The molecule has 3 aromatic carbocycles. The van der Waals surface area contributed by atoms with Gasteiger partial charge in [-0.25, -0.2) is 4.98 Å². The quantitative estimate of drug-likeness (QED) is 0.471. The molecule has 0 spiro atoms. The Kier molecular flexibility index (Phi) is 4.61. The minimum atomic E-state index is 0.933. The molecular formula is C23H21N3. The normalized spacial score (nSPS) is 11.4. The second-order valence-corrected chi connectivity index (χ2v) is 6.39. The lowest BCUT2D eigenvalue weighted by atomic mass is 10.0. The van der Waals surface area contributed by atoms with E-state index in [1.165, 1.54) is 22.2 Å². The van der Waals surface area contributed by atoms with E-state index < -0.39 is 0 Å². The summed E-state index contributed by atoms with van der Waals surface area (Å²) in [6.07, 6.45) is 4.80. The van der Waals surface area contributed by atoms with Gasteiger partial charge >= 0.3 is 0 Å². The van der Waals surface area contributed by atoms with Crippen LogP contribution < -0.4 is 0 Å². The molecule has 3 heteroatoms. The van der Waals surface area contributed by atoms with Crippen molar-refractivity contribution in [1.82, 2.24) is 9.55 Å². The monoisotopic (exact) mass is 339 g/mol. The molecule has 0 N–H and O–H groups in total. The maximum absolute atomic E-state index is 4.46. The van der Waals surface area contributed by atoms with E-state index in [1.54, 1.807) is 7.05 Å². The number of fused-ring (bicyclic) bond motifs is 1. The lowest BCUT2D eigenvalue weighted by Crippen LogP contribution is -1.99. The van der Waals surface area contributed by atoms with Crippen molar-refractivity contribution in [3.63, 3.8) is 0 Å². The molecular weight excluding hydrogens is 318 g/mol. The Morgan fingerprint density at radius 1 is 0.923 bits per heavy atom. The third-order valence-corrected chi connectivity index (χ3v) is 4.62. The van der Waals surface area contributed by atoms with Crippen molar-refractivity contribution in [2.45, 2.75) is 13.0 Å². The van der Waals surface area contributed by atoms with E-state index in [2.05, 4.69) is 81.3 Å². The second kappa shape index (κ2) is 7.36. The van der Waals surface area contributed by atoms with Gasteiger partial charge in [-0.1, -0.05) is 54.6 Å². The van der Waals surface area contributed by atoms with Crippen molar-refractivity contribution in [3.05, 3.63) is 90.3 Å². The summed E-state index contributed by atoms with van der Waals surface area (Å²) < 4.78 is 2.22. The van der Waals surface area contributed by atoms with E-state index in [4.69, 9.17) is 0 Å². The largest absolute Gasteiger partial charge is 0.330 e. The molecule has 0 bridgehead atoms. The molecule has 1 heterocycles. The Bertz CT molecular complexity index is 1040. The van der Waals surface area contributed by atoms with Crippen LogP contribution in [-0.4, -0.2) is 22.8 Å². The summed E-state index contributed by atoms with van der Waals surface area (Å²) in [6, 6.07) is 25.5. The lowest BCUT2D eigenvalue weighted by molar-refractivity contribution is 0.716. The van der Waals surface area contributed by atoms with E-state index in [9.17, 15) is 0 Å². The first-order valence-corrected chi connectivity index (χ1v) is 8.85. The first kappa shape index (κ1) is 16.3. The van der Waals surface area contributed by atoms with Crippen LogP contribution in [0.5, 0.6) is 0 Å². The summed E-state index contributed by atoms with van der Waals surface area (Å²) in [7, 11) is 1.80. The first-order chi connectivity index (χ1) is 12.8. The van der Waals surface area contributed by atoms with Gasteiger partial charge in [-0.2, -0.15) is 0 Å². The number of rotatable bonds is 5. The average Bonchev–Trinajstić information content (AvgIpc) is 3.10. The lowest BCUT2D eigenvalue weighted by Gasteiger charge is -2.07. The number of aryl methyl sites for hydroxylation is 2. The molecule has 0 fully saturated rings. The second-order valence-electron chi connectivity index (χ2n) is 6.39. The van der Waals surface area contributed by atoms with Gasteiger partial charge in [0.25, 0.3) is 0 Å². The van der Waals surface area contributed by atoms with E-state index in [0.717, 1.165) is 24.0 Å². The Hall–Kier alpha value is -3.20. The van der Waals surface area contributed by atoms with E-state index in [0.29, 0.717) is 0 Å². The van der Waals surface area contributed by atoms with E-state index in [-0.39, 0.29) is 0 Å². The summed E-state index contributed by atoms with van der Waals surface area (Å²) in [4.78, 5) is 8.55. The van der Waals surface area contributed by atoms with Gasteiger partial charge in [0.15, 0.2) is 0 Å². The highest BCUT2D eigenvalue weighted by Crippen LogP contribution is 2.21. The third-order valence-electron chi connectivity index (χ3n) is 4.62. The number of imidazole rings is 1. The minimum Gasteiger partial charge on any atom is -0.330 e. The summed E-state index contributed by atoms with van der Waals surface area (Å²) in [5, 5.41) is 0. The van der Waals surface area contributed by atoms with E-state index in [1.807, 2.05) is 18.6 Å². The smallest absolute Gasteiger partial charge is 0.0958 e. The summed E-state index contributed by atoms with van der Waals surface area (Å²) in [5.74, 6) is 0. The molecule has 4 aromatic rings. The van der Waals surface area contributed by atoms with Crippen molar-refractivity contribution in [2.75, 3.05) is 7.05 Å². The fourth-order valence-corrected chi connectivity index (χ4v) is 3.25. The molecule has 26 heavy (non-hydrogen) atoms. The number of para-hydroxylation sites is 2. The van der Waals surface area contributed by atoms with Gasteiger partial charge in [0.05, 0.1) is 17.4 Å². The van der Waals surface area contributed by atoms with Gasteiger partial charge in [0, 0.05) is 19.8 Å². The fourth-order valence-electron chi connectivity index (χ4n) is 3.25. The molecule has 0 radical (unpaired) electrons. The van der Waals surface area contributed by atoms with Gasteiger partial charge in [-0.05, 0) is 46.9 Å². The maximum atomic E-state index is 4.46. The Morgan fingerprint density at radius 3 is 2.62 bits per heavy atom. The molecule has 0 aliphatic heterocycles. The summed E-state index contributed by atoms with van der Waals surface area (Å²) in [6.45, 7) is 0.933.